The number of nitrogens with one attached hydrogen (secondary N) is 2. The van der Waals surface area contributed by atoms with Gasteiger partial charge in [0.1, 0.15) is 11.6 Å². The van der Waals surface area contributed by atoms with E-state index in [1.54, 1.807) is 18.5 Å². The van der Waals surface area contributed by atoms with Crippen LogP contribution < -0.4 is 10.0 Å². The number of aromatic nitrogens is 3. The third kappa shape index (κ3) is 3.55. The average Bonchev–Trinajstić information content (AvgIpc) is 2.92. The van der Waals surface area contributed by atoms with Gasteiger partial charge in [0.15, 0.2) is 5.03 Å². The van der Waals surface area contributed by atoms with Gasteiger partial charge in [-0.15, -0.1) is 0 Å². The van der Waals surface area contributed by atoms with Gasteiger partial charge in [-0.05, 0) is 25.1 Å². The fourth-order valence-electron chi connectivity index (χ4n) is 2.27. The minimum absolute atomic E-state index is 0.0336. The number of fused-ring (bicyclic) bond motifs is 1. The van der Waals surface area contributed by atoms with Crippen molar-refractivity contribution in [2.45, 2.75) is 11.9 Å². The van der Waals surface area contributed by atoms with Crippen molar-refractivity contribution in [1.82, 2.24) is 19.3 Å². The van der Waals surface area contributed by atoms with Gasteiger partial charge in [-0.1, -0.05) is 18.2 Å². The van der Waals surface area contributed by atoms with Crippen LogP contribution in [0.5, 0.6) is 0 Å². The largest absolute Gasteiger partial charge is 0.369 e. The van der Waals surface area contributed by atoms with Crippen molar-refractivity contribution in [2.75, 3.05) is 18.4 Å². The molecule has 8 heteroatoms. The number of aryl methyl sites for hydroxylation is 2. The molecule has 0 radical (unpaired) electrons. The van der Waals surface area contributed by atoms with Crippen LogP contribution >= 0.6 is 0 Å². The van der Waals surface area contributed by atoms with Crippen LogP contribution in [0.15, 0.2) is 47.6 Å². The van der Waals surface area contributed by atoms with E-state index in [1.165, 1.54) is 6.20 Å². The maximum atomic E-state index is 12.2. The predicted molar refractivity (Wildman–Crippen MR) is 93.4 cm³/mol. The van der Waals surface area contributed by atoms with Crippen LogP contribution in [0.3, 0.4) is 0 Å². The van der Waals surface area contributed by atoms with Gasteiger partial charge in [-0.2, -0.15) is 0 Å². The van der Waals surface area contributed by atoms with Crippen molar-refractivity contribution in [2.24, 2.45) is 7.05 Å². The van der Waals surface area contributed by atoms with Crippen molar-refractivity contribution in [3.8, 4) is 0 Å². The molecule has 0 saturated carbocycles. The Hall–Kier alpha value is -2.45. The SMILES string of the molecule is Cc1nc(S(=O)(=O)NCCNc2ccc3ccccc3n2)cn1C. The molecule has 24 heavy (non-hydrogen) atoms. The molecule has 2 aromatic heterocycles. The van der Waals surface area contributed by atoms with Gasteiger partial charge < -0.3 is 9.88 Å². The smallest absolute Gasteiger partial charge is 0.259 e. The number of benzene rings is 1. The summed E-state index contributed by atoms with van der Waals surface area (Å²) in [5, 5.41) is 4.21. The molecular formula is C16H19N5O2S. The van der Waals surface area contributed by atoms with E-state index in [0.29, 0.717) is 18.2 Å². The Bertz CT molecular complexity index is 946. The van der Waals surface area contributed by atoms with Crippen molar-refractivity contribution in [3.63, 3.8) is 0 Å². The van der Waals surface area contributed by atoms with E-state index in [1.807, 2.05) is 36.4 Å². The van der Waals surface area contributed by atoms with Crippen LogP contribution in [-0.2, 0) is 17.1 Å². The minimum atomic E-state index is -3.59. The molecule has 3 aromatic rings. The van der Waals surface area contributed by atoms with Gasteiger partial charge in [0.25, 0.3) is 10.0 Å². The number of anilines is 1. The molecule has 0 amide bonds. The van der Waals surface area contributed by atoms with Crippen LogP contribution in [0, 0.1) is 6.92 Å². The lowest BCUT2D eigenvalue weighted by molar-refractivity contribution is 0.579. The molecule has 0 atom stereocenters. The van der Waals surface area contributed by atoms with Gasteiger partial charge in [-0.3, -0.25) is 0 Å². The van der Waals surface area contributed by atoms with E-state index in [-0.39, 0.29) is 11.6 Å². The number of rotatable bonds is 6. The first-order valence-electron chi connectivity index (χ1n) is 7.55. The first kappa shape index (κ1) is 16.4. The average molecular weight is 345 g/mol. The second-order valence-electron chi connectivity index (χ2n) is 5.45. The van der Waals surface area contributed by atoms with Crippen LogP contribution in [-0.4, -0.2) is 36.0 Å². The quantitative estimate of drug-likeness (QED) is 0.664. The summed E-state index contributed by atoms with van der Waals surface area (Å²) < 4.78 is 28.5. The Morgan fingerprint density at radius 1 is 1.08 bits per heavy atom. The highest BCUT2D eigenvalue weighted by Crippen LogP contribution is 2.14. The Labute approximate surface area is 140 Å². The number of hydrogen-bond donors (Lipinski definition) is 2. The first-order valence-corrected chi connectivity index (χ1v) is 9.03. The standard InChI is InChI=1S/C16H19N5O2S/c1-12-19-16(11-21(12)2)24(22,23)18-10-9-17-15-8-7-13-5-3-4-6-14(13)20-15/h3-8,11,18H,9-10H2,1-2H3,(H,17,20). The molecule has 0 aliphatic carbocycles. The van der Waals surface area contributed by atoms with Gasteiger partial charge in [0, 0.05) is 31.7 Å². The monoisotopic (exact) mass is 345 g/mol. The van der Waals surface area contributed by atoms with E-state index in [4.69, 9.17) is 0 Å². The molecule has 0 unspecified atom stereocenters. The van der Waals surface area contributed by atoms with E-state index in [0.717, 1.165) is 10.9 Å². The summed E-state index contributed by atoms with van der Waals surface area (Å²) in [6.07, 6.45) is 1.50. The topological polar surface area (TPSA) is 88.9 Å². The zero-order valence-corrected chi connectivity index (χ0v) is 14.3. The third-order valence-corrected chi connectivity index (χ3v) is 5.01. The summed E-state index contributed by atoms with van der Waals surface area (Å²) in [6, 6.07) is 11.7. The van der Waals surface area contributed by atoms with Gasteiger partial charge >= 0.3 is 0 Å². The molecule has 0 spiro atoms. The Morgan fingerprint density at radius 3 is 2.62 bits per heavy atom. The molecule has 126 valence electrons. The molecule has 0 fully saturated rings. The molecule has 2 heterocycles. The lowest BCUT2D eigenvalue weighted by Crippen LogP contribution is -2.29. The molecular weight excluding hydrogens is 326 g/mol. The number of pyridine rings is 1. The molecule has 0 aliphatic heterocycles. The Kier molecular flexibility index (Phi) is 4.50. The summed E-state index contributed by atoms with van der Waals surface area (Å²) >= 11 is 0. The number of sulfonamides is 1. The zero-order chi connectivity index (χ0) is 17.2. The van der Waals surface area contributed by atoms with Crippen LogP contribution in [0.4, 0.5) is 5.82 Å². The van der Waals surface area contributed by atoms with Crippen LogP contribution in [0.2, 0.25) is 0 Å². The van der Waals surface area contributed by atoms with Gasteiger partial charge in [0.05, 0.1) is 5.52 Å². The van der Waals surface area contributed by atoms with E-state index in [9.17, 15) is 8.42 Å². The fourth-order valence-corrected chi connectivity index (χ4v) is 3.34. The lowest BCUT2D eigenvalue weighted by atomic mass is 10.2. The molecule has 1 aromatic carbocycles. The summed E-state index contributed by atoms with van der Waals surface area (Å²) in [6.45, 7) is 2.43. The zero-order valence-electron chi connectivity index (χ0n) is 13.5. The fraction of sp³-hybridized carbons (Fsp3) is 0.250. The second kappa shape index (κ2) is 6.58. The number of imidazole rings is 1. The van der Waals surface area contributed by atoms with E-state index < -0.39 is 10.0 Å². The Morgan fingerprint density at radius 2 is 1.88 bits per heavy atom. The molecule has 2 N–H and O–H groups in total. The van der Waals surface area contributed by atoms with Gasteiger partial charge in [0.2, 0.25) is 0 Å². The maximum Gasteiger partial charge on any atom is 0.259 e. The molecule has 0 aliphatic rings. The number of nitrogens with zero attached hydrogens (tertiary/aromatic N) is 3. The summed E-state index contributed by atoms with van der Waals surface area (Å²) in [5.41, 5.74) is 0.895. The molecule has 3 rings (SSSR count). The van der Waals surface area contributed by atoms with E-state index >= 15 is 0 Å². The highest BCUT2D eigenvalue weighted by atomic mass is 32.2. The summed E-state index contributed by atoms with van der Waals surface area (Å²) in [7, 11) is -1.84. The highest BCUT2D eigenvalue weighted by molar-refractivity contribution is 7.89. The van der Waals surface area contributed by atoms with Crippen molar-refractivity contribution in [1.29, 1.82) is 0 Å². The predicted octanol–water partition coefficient (Wildman–Crippen LogP) is 1.67. The van der Waals surface area contributed by atoms with Crippen molar-refractivity contribution in [3.05, 3.63) is 48.4 Å². The first-order chi connectivity index (χ1) is 11.5. The van der Waals surface area contributed by atoms with Crippen LogP contribution in [0.1, 0.15) is 5.82 Å². The second-order valence-corrected chi connectivity index (χ2v) is 7.16. The summed E-state index contributed by atoms with van der Waals surface area (Å²) in [5.74, 6) is 1.36. The number of hydrogen-bond acceptors (Lipinski definition) is 5. The highest BCUT2D eigenvalue weighted by Gasteiger charge is 2.17. The summed E-state index contributed by atoms with van der Waals surface area (Å²) in [4.78, 5) is 8.51. The lowest BCUT2D eigenvalue weighted by Gasteiger charge is -2.07. The van der Waals surface area contributed by atoms with E-state index in [2.05, 4.69) is 20.0 Å². The van der Waals surface area contributed by atoms with Crippen LogP contribution in [0.25, 0.3) is 10.9 Å². The van der Waals surface area contributed by atoms with Crippen molar-refractivity contribution >= 4 is 26.7 Å². The Balaban J connectivity index is 1.57. The normalized spacial score (nSPS) is 11.8. The minimum Gasteiger partial charge on any atom is -0.369 e. The number of para-hydroxylation sites is 1. The molecule has 0 bridgehead atoms. The molecule has 7 nitrogen and oxygen atoms in total. The third-order valence-electron chi connectivity index (χ3n) is 3.68. The maximum absolute atomic E-state index is 12.2. The molecule has 0 saturated heterocycles. The van der Waals surface area contributed by atoms with Crippen molar-refractivity contribution < 1.29 is 8.42 Å². The van der Waals surface area contributed by atoms with Gasteiger partial charge in [-0.25, -0.2) is 23.1 Å².